The van der Waals surface area contributed by atoms with Crippen LogP contribution in [0.3, 0.4) is 0 Å². The molecule has 1 N–H and O–H groups in total. The van der Waals surface area contributed by atoms with Crippen LogP contribution >= 0.6 is 0 Å². The molecular formula is C17H27F3N2O3. The molecule has 1 saturated carbocycles. The molecule has 2 unspecified atom stereocenters. The normalized spacial score (nSPS) is 32.0. The number of likely N-dealkylation sites (tertiary alicyclic amines) is 1. The van der Waals surface area contributed by atoms with Crippen LogP contribution in [0.15, 0.2) is 0 Å². The number of carbonyl (C=O) groups excluding carboxylic acids is 1. The SMILES string of the molecule is CC1CC(C(=O)N2C3CCC2CN(C(C)C)C3)C1.O=C(O)C(F)(F)F. The summed E-state index contributed by atoms with van der Waals surface area (Å²) in [5, 5.41) is 7.12. The summed E-state index contributed by atoms with van der Waals surface area (Å²) in [5.74, 6) is -1.15. The molecule has 3 rings (SSSR count). The van der Waals surface area contributed by atoms with Crippen LogP contribution < -0.4 is 0 Å². The predicted octanol–water partition coefficient (Wildman–Crippen LogP) is 2.75. The van der Waals surface area contributed by atoms with Gasteiger partial charge in [-0.25, -0.2) is 4.79 Å². The van der Waals surface area contributed by atoms with Gasteiger partial charge in [0.25, 0.3) is 0 Å². The van der Waals surface area contributed by atoms with E-state index in [4.69, 9.17) is 9.90 Å². The van der Waals surface area contributed by atoms with Crippen molar-refractivity contribution in [1.82, 2.24) is 9.80 Å². The maximum absolute atomic E-state index is 12.6. The van der Waals surface area contributed by atoms with Gasteiger partial charge >= 0.3 is 12.1 Å². The van der Waals surface area contributed by atoms with E-state index in [1.807, 2.05) is 0 Å². The van der Waals surface area contributed by atoms with Crippen LogP contribution in [0.1, 0.15) is 46.5 Å². The van der Waals surface area contributed by atoms with Gasteiger partial charge in [-0.3, -0.25) is 9.69 Å². The first kappa shape index (κ1) is 20.0. The van der Waals surface area contributed by atoms with Crippen LogP contribution in [0.5, 0.6) is 0 Å². The number of hydrogen-bond acceptors (Lipinski definition) is 3. The maximum Gasteiger partial charge on any atom is 0.490 e. The van der Waals surface area contributed by atoms with Gasteiger partial charge < -0.3 is 10.0 Å². The van der Waals surface area contributed by atoms with E-state index in [1.54, 1.807) is 0 Å². The molecule has 2 aliphatic heterocycles. The number of aliphatic carboxylic acids is 1. The molecule has 0 aromatic heterocycles. The lowest BCUT2D eigenvalue weighted by Crippen LogP contribution is -2.59. The number of nitrogens with zero attached hydrogens (tertiary/aromatic N) is 2. The van der Waals surface area contributed by atoms with E-state index in [-0.39, 0.29) is 0 Å². The fourth-order valence-electron chi connectivity index (χ4n) is 4.03. The average molecular weight is 364 g/mol. The van der Waals surface area contributed by atoms with Gasteiger partial charge in [-0.15, -0.1) is 0 Å². The Kier molecular flexibility index (Phi) is 6.01. The minimum absolute atomic E-state index is 0.355. The minimum Gasteiger partial charge on any atom is -0.475 e. The molecule has 8 heteroatoms. The van der Waals surface area contributed by atoms with E-state index < -0.39 is 12.1 Å². The van der Waals surface area contributed by atoms with E-state index in [0.717, 1.165) is 31.8 Å². The summed E-state index contributed by atoms with van der Waals surface area (Å²) in [6, 6.07) is 1.64. The van der Waals surface area contributed by atoms with E-state index in [0.29, 0.717) is 30.0 Å². The standard InChI is InChI=1S/C15H26N2O.C2HF3O2/c1-10(2)16-8-13-4-5-14(9-16)17(13)15(18)12-6-11(3)7-12;3-2(4,5)1(6)7/h10-14H,4-9H2,1-3H3;(H,6,7). The Balaban J connectivity index is 0.000000277. The molecule has 2 bridgehead atoms. The summed E-state index contributed by atoms with van der Waals surface area (Å²) in [6.07, 6.45) is -0.380. The van der Waals surface area contributed by atoms with E-state index in [9.17, 15) is 18.0 Å². The van der Waals surface area contributed by atoms with Crippen LogP contribution in [-0.2, 0) is 9.59 Å². The van der Waals surface area contributed by atoms with Gasteiger partial charge in [0.2, 0.25) is 5.91 Å². The van der Waals surface area contributed by atoms with Crippen molar-refractivity contribution in [3.63, 3.8) is 0 Å². The maximum atomic E-state index is 12.6. The first-order valence-corrected chi connectivity index (χ1v) is 8.87. The highest BCUT2D eigenvalue weighted by atomic mass is 19.4. The zero-order valence-electron chi connectivity index (χ0n) is 14.9. The largest absolute Gasteiger partial charge is 0.490 e. The highest BCUT2D eigenvalue weighted by Crippen LogP contribution is 2.39. The summed E-state index contributed by atoms with van der Waals surface area (Å²) in [5.41, 5.74) is 0. The summed E-state index contributed by atoms with van der Waals surface area (Å²) in [7, 11) is 0. The Morgan fingerprint density at radius 2 is 1.52 bits per heavy atom. The van der Waals surface area contributed by atoms with Crippen LogP contribution in [0, 0.1) is 11.8 Å². The number of amides is 1. The monoisotopic (exact) mass is 364 g/mol. The molecule has 2 atom stereocenters. The lowest BCUT2D eigenvalue weighted by molar-refractivity contribution is -0.192. The fraction of sp³-hybridized carbons (Fsp3) is 0.882. The van der Waals surface area contributed by atoms with Crippen molar-refractivity contribution in [3.8, 4) is 0 Å². The Labute approximate surface area is 146 Å². The molecule has 1 amide bonds. The molecule has 0 aromatic rings. The van der Waals surface area contributed by atoms with Gasteiger partial charge in [0.1, 0.15) is 0 Å². The lowest BCUT2D eigenvalue weighted by atomic mass is 9.75. The van der Waals surface area contributed by atoms with Crippen molar-refractivity contribution in [2.75, 3.05) is 13.1 Å². The molecule has 3 fully saturated rings. The number of alkyl halides is 3. The molecule has 0 radical (unpaired) electrons. The fourth-order valence-corrected chi connectivity index (χ4v) is 4.03. The minimum atomic E-state index is -5.08. The van der Waals surface area contributed by atoms with Gasteiger partial charge in [-0.1, -0.05) is 6.92 Å². The summed E-state index contributed by atoms with van der Waals surface area (Å²) in [4.78, 5) is 26.3. The van der Waals surface area contributed by atoms with Crippen molar-refractivity contribution in [2.45, 2.75) is 70.8 Å². The number of carbonyl (C=O) groups is 2. The molecule has 2 heterocycles. The van der Waals surface area contributed by atoms with Crippen LogP contribution in [0.2, 0.25) is 0 Å². The Morgan fingerprint density at radius 1 is 1.08 bits per heavy atom. The third-order valence-electron chi connectivity index (χ3n) is 5.46. The molecule has 0 spiro atoms. The Morgan fingerprint density at radius 3 is 1.84 bits per heavy atom. The second-order valence-electron chi connectivity index (χ2n) is 7.75. The highest BCUT2D eigenvalue weighted by Gasteiger charge is 2.46. The number of halogens is 3. The lowest BCUT2D eigenvalue weighted by Gasteiger charge is -2.45. The summed E-state index contributed by atoms with van der Waals surface area (Å²) >= 11 is 0. The average Bonchev–Trinajstić information content (AvgIpc) is 2.72. The first-order valence-electron chi connectivity index (χ1n) is 8.87. The second-order valence-corrected chi connectivity index (χ2v) is 7.75. The molecule has 3 aliphatic rings. The number of carboxylic acids is 1. The van der Waals surface area contributed by atoms with Crippen molar-refractivity contribution in [3.05, 3.63) is 0 Å². The van der Waals surface area contributed by atoms with E-state index in [2.05, 4.69) is 30.6 Å². The van der Waals surface area contributed by atoms with Crippen LogP contribution in [-0.4, -0.2) is 64.2 Å². The predicted molar refractivity (Wildman–Crippen MR) is 85.9 cm³/mol. The number of hydrogen-bond donors (Lipinski definition) is 1. The summed E-state index contributed by atoms with van der Waals surface area (Å²) in [6.45, 7) is 8.99. The smallest absolute Gasteiger partial charge is 0.475 e. The van der Waals surface area contributed by atoms with Gasteiger partial charge in [-0.05, 0) is 45.4 Å². The zero-order valence-corrected chi connectivity index (χ0v) is 14.9. The van der Waals surface area contributed by atoms with Crippen LogP contribution in [0.25, 0.3) is 0 Å². The van der Waals surface area contributed by atoms with Gasteiger partial charge in [0.05, 0.1) is 0 Å². The highest BCUT2D eigenvalue weighted by molar-refractivity contribution is 5.81. The number of fused-ring (bicyclic) bond motifs is 2. The van der Waals surface area contributed by atoms with Gasteiger partial charge in [0.15, 0.2) is 0 Å². The first-order chi connectivity index (χ1) is 11.5. The number of rotatable bonds is 2. The zero-order chi connectivity index (χ0) is 18.9. The van der Waals surface area contributed by atoms with E-state index in [1.165, 1.54) is 12.8 Å². The molecule has 5 nitrogen and oxygen atoms in total. The summed E-state index contributed by atoms with van der Waals surface area (Å²) < 4.78 is 31.7. The molecule has 1 aliphatic carbocycles. The van der Waals surface area contributed by atoms with Gasteiger partial charge in [0, 0.05) is 37.1 Å². The Hall–Kier alpha value is -1.31. The molecular weight excluding hydrogens is 337 g/mol. The van der Waals surface area contributed by atoms with E-state index >= 15 is 0 Å². The third-order valence-corrected chi connectivity index (χ3v) is 5.46. The van der Waals surface area contributed by atoms with Crippen molar-refractivity contribution >= 4 is 11.9 Å². The quantitative estimate of drug-likeness (QED) is 0.819. The molecule has 0 aromatic carbocycles. The van der Waals surface area contributed by atoms with Crippen molar-refractivity contribution in [1.29, 1.82) is 0 Å². The van der Waals surface area contributed by atoms with Crippen molar-refractivity contribution < 1.29 is 27.9 Å². The second kappa shape index (κ2) is 7.51. The topological polar surface area (TPSA) is 60.9 Å². The van der Waals surface area contributed by atoms with Gasteiger partial charge in [-0.2, -0.15) is 13.2 Å². The molecule has 2 saturated heterocycles. The third kappa shape index (κ3) is 4.65. The molecule has 144 valence electrons. The number of carboxylic acid groups (broad SMARTS) is 1. The molecule has 25 heavy (non-hydrogen) atoms. The van der Waals surface area contributed by atoms with Crippen LogP contribution in [0.4, 0.5) is 13.2 Å². The number of piperazine rings is 1. The Bertz CT molecular complexity index is 490. The van der Waals surface area contributed by atoms with Crippen molar-refractivity contribution in [2.24, 2.45) is 11.8 Å².